The van der Waals surface area contributed by atoms with Crippen molar-refractivity contribution in [3.8, 4) is 0 Å². The summed E-state index contributed by atoms with van der Waals surface area (Å²) >= 11 is 0. The van der Waals surface area contributed by atoms with Crippen molar-refractivity contribution in [1.29, 1.82) is 0 Å². The van der Waals surface area contributed by atoms with Crippen molar-refractivity contribution < 1.29 is 32.7 Å². The van der Waals surface area contributed by atoms with Crippen LogP contribution in [-0.4, -0.2) is 7.85 Å². The molecule has 2 atom stereocenters. The second kappa shape index (κ2) is 7.66. The topological polar surface area (TPSA) is 0 Å². The predicted octanol–water partition coefficient (Wildman–Crippen LogP) is 3.56. The van der Waals surface area contributed by atoms with Crippen LogP contribution in [0.1, 0.15) is 37.7 Å². The SMILES string of the molecule is [B]C1CCCC1CCCc1c[c-]ccc1.[Y]. The Kier molecular flexibility index (Phi) is 6.92. The molecule has 0 N–H and O–H groups in total. The van der Waals surface area contributed by atoms with Gasteiger partial charge in [-0.05, 0) is 5.92 Å². The van der Waals surface area contributed by atoms with Crippen LogP contribution in [0.2, 0.25) is 5.82 Å². The van der Waals surface area contributed by atoms with E-state index in [2.05, 4.69) is 24.3 Å². The second-order valence-electron chi connectivity index (χ2n) is 4.66. The summed E-state index contributed by atoms with van der Waals surface area (Å²) in [5.74, 6) is 1.27. The van der Waals surface area contributed by atoms with Crippen molar-refractivity contribution >= 4 is 7.85 Å². The zero-order chi connectivity index (χ0) is 10.5. The van der Waals surface area contributed by atoms with Gasteiger partial charge in [-0.1, -0.05) is 44.3 Å². The van der Waals surface area contributed by atoms with Crippen LogP contribution in [0.5, 0.6) is 0 Å². The van der Waals surface area contributed by atoms with Crippen LogP contribution in [0.15, 0.2) is 24.3 Å². The first-order chi connectivity index (χ1) is 7.36. The average molecular weight is 286 g/mol. The number of hydrogen-bond donors (Lipinski definition) is 0. The minimum absolute atomic E-state index is 0. The van der Waals surface area contributed by atoms with E-state index in [1.54, 1.807) is 0 Å². The molecular weight excluding hydrogens is 268 g/mol. The Bertz CT molecular complexity index is 286. The maximum atomic E-state index is 6.05. The van der Waals surface area contributed by atoms with Gasteiger partial charge in [-0.3, -0.25) is 0 Å². The van der Waals surface area contributed by atoms with E-state index >= 15 is 0 Å². The molecule has 2 unspecified atom stereocenters. The first-order valence-electron chi connectivity index (χ1n) is 6.07. The zero-order valence-corrected chi connectivity index (χ0v) is 12.7. The van der Waals surface area contributed by atoms with Crippen LogP contribution in [-0.2, 0) is 39.1 Å². The number of aryl methyl sites for hydroxylation is 1. The Morgan fingerprint density at radius 2 is 2.25 bits per heavy atom. The van der Waals surface area contributed by atoms with Crippen LogP contribution >= 0.6 is 0 Å². The number of hydrogen-bond acceptors (Lipinski definition) is 0. The van der Waals surface area contributed by atoms with Crippen LogP contribution in [0, 0.1) is 12.0 Å². The van der Waals surface area contributed by atoms with Gasteiger partial charge in [0, 0.05) is 32.7 Å². The Hall–Kier alpha value is 0.389. The van der Waals surface area contributed by atoms with E-state index in [1.807, 2.05) is 6.07 Å². The molecule has 16 heavy (non-hydrogen) atoms. The van der Waals surface area contributed by atoms with Gasteiger partial charge in [0.2, 0.25) is 0 Å². The summed E-state index contributed by atoms with van der Waals surface area (Å²) in [5.41, 5.74) is 1.41. The van der Waals surface area contributed by atoms with Gasteiger partial charge in [0.1, 0.15) is 0 Å². The van der Waals surface area contributed by atoms with E-state index in [1.165, 1.54) is 44.1 Å². The third kappa shape index (κ3) is 4.34. The summed E-state index contributed by atoms with van der Waals surface area (Å²) in [5, 5.41) is 0. The molecule has 1 fully saturated rings. The fourth-order valence-electron chi connectivity index (χ4n) is 2.58. The summed E-state index contributed by atoms with van der Waals surface area (Å²) in [6.45, 7) is 0. The molecule has 3 radical (unpaired) electrons. The minimum Gasteiger partial charge on any atom is -0.184 e. The smallest absolute Gasteiger partial charge is 0.0703 e. The van der Waals surface area contributed by atoms with E-state index in [-0.39, 0.29) is 32.7 Å². The van der Waals surface area contributed by atoms with Gasteiger partial charge in [0.05, 0.1) is 7.85 Å². The quantitative estimate of drug-likeness (QED) is 0.586. The maximum absolute atomic E-state index is 6.05. The molecule has 0 nitrogen and oxygen atoms in total. The first-order valence-corrected chi connectivity index (χ1v) is 6.07. The van der Waals surface area contributed by atoms with Crippen molar-refractivity contribution in [3.05, 3.63) is 35.9 Å². The molecule has 0 aromatic heterocycles. The molecule has 0 aliphatic heterocycles. The Morgan fingerprint density at radius 1 is 1.38 bits per heavy atom. The van der Waals surface area contributed by atoms with Crippen LogP contribution < -0.4 is 0 Å². The molecule has 0 heterocycles. The van der Waals surface area contributed by atoms with Gasteiger partial charge in [0.25, 0.3) is 0 Å². The van der Waals surface area contributed by atoms with Gasteiger partial charge < -0.3 is 0 Å². The molecule has 1 saturated carbocycles. The fourth-order valence-corrected chi connectivity index (χ4v) is 2.58. The van der Waals surface area contributed by atoms with E-state index < -0.39 is 0 Å². The molecular formula is C14H18BY-. The second-order valence-corrected chi connectivity index (χ2v) is 4.66. The number of benzene rings is 1. The van der Waals surface area contributed by atoms with Gasteiger partial charge in [-0.15, -0.1) is 0 Å². The standard InChI is InChI=1S/C14H18B.Y/c15-14-11-5-10-13(14)9-4-8-12-6-2-1-3-7-12;/h1-2,6-7,13-14H,4-5,8-11H2;/q-1;. The summed E-state index contributed by atoms with van der Waals surface area (Å²) in [7, 11) is 6.05. The summed E-state index contributed by atoms with van der Waals surface area (Å²) < 4.78 is 0. The molecule has 1 aromatic carbocycles. The molecule has 81 valence electrons. The zero-order valence-electron chi connectivity index (χ0n) is 9.86. The molecule has 0 spiro atoms. The molecule has 1 aliphatic rings. The van der Waals surface area contributed by atoms with Crippen LogP contribution in [0.3, 0.4) is 0 Å². The Morgan fingerprint density at radius 3 is 2.88 bits per heavy atom. The largest absolute Gasteiger partial charge is 0.184 e. The average Bonchev–Trinajstić information content (AvgIpc) is 2.66. The van der Waals surface area contributed by atoms with Gasteiger partial charge >= 0.3 is 0 Å². The number of rotatable bonds is 4. The van der Waals surface area contributed by atoms with Crippen molar-refractivity contribution in [2.45, 2.75) is 44.3 Å². The van der Waals surface area contributed by atoms with Gasteiger partial charge in [-0.2, -0.15) is 35.9 Å². The molecule has 0 amide bonds. The Labute approximate surface area is 126 Å². The predicted molar refractivity (Wildman–Crippen MR) is 65.1 cm³/mol. The molecule has 1 aromatic rings. The normalized spacial score (nSPS) is 24.0. The van der Waals surface area contributed by atoms with Crippen LogP contribution in [0.25, 0.3) is 0 Å². The van der Waals surface area contributed by atoms with E-state index in [9.17, 15) is 0 Å². The monoisotopic (exact) mass is 286 g/mol. The molecule has 1 aliphatic carbocycles. The fraction of sp³-hybridized carbons (Fsp3) is 0.571. The van der Waals surface area contributed by atoms with Crippen molar-refractivity contribution in [2.75, 3.05) is 0 Å². The van der Waals surface area contributed by atoms with Gasteiger partial charge in [-0.25, -0.2) is 0 Å². The molecule has 2 rings (SSSR count). The summed E-state index contributed by atoms with van der Waals surface area (Å²) in [6.07, 6.45) is 7.68. The van der Waals surface area contributed by atoms with Crippen molar-refractivity contribution in [3.63, 3.8) is 0 Å². The van der Waals surface area contributed by atoms with Gasteiger partial charge in [0.15, 0.2) is 0 Å². The summed E-state index contributed by atoms with van der Waals surface area (Å²) in [4.78, 5) is 0. The Balaban J connectivity index is 0.00000128. The first kappa shape index (κ1) is 14.4. The molecule has 0 saturated heterocycles. The minimum atomic E-state index is 0. The van der Waals surface area contributed by atoms with E-state index in [0.717, 1.165) is 5.92 Å². The van der Waals surface area contributed by atoms with Crippen molar-refractivity contribution in [2.24, 2.45) is 5.92 Å². The molecule has 0 bridgehead atoms. The van der Waals surface area contributed by atoms with Crippen LogP contribution in [0.4, 0.5) is 0 Å². The van der Waals surface area contributed by atoms with E-state index in [4.69, 9.17) is 7.85 Å². The summed E-state index contributed by atoms with van der Waals surface area (Å²) in [6, 6.07) is 11.4. The molecule has 2 heteroatoms. The maximum Gasteiger partial charge on any atom is 0.0703 e. The third-order valence-corrected chi connectivity index (χ3v) is 3.53. The third-order valence-electron chi connectivity index (χ3n) is 3.53. The van der Waals surface area contributed by atoms with Crippen molar-refractivity contribution in [1.82, 2.24) is 0 Å². The van der Waals surface area contributed by atoms with E-state index in [0.29, 0.717) is 5.82 Å².